The van der Waals surface area contributed by atoms with Gasteiger partial charge >= 0.3 is 0 Å². The highest BCUT2D eigenvalue weighted by Gasteiger charge is 2.32. The van der Waals surface area contributed by atoms with E-state index >= 15 is 0 Å². The van der Waals surface area contributed by atoms with Crippen LogP contribution in [-0.4, -0.2) is 33.3 Å². The molecule has 1 aliphatic heterocycles. The second-order valence-electron chi connectivity index (χ2n) is 6.19. The third kappa shape index (κ3) is 2.88. The van der Waals surface area contributed by atoms with E-state index < -0.39 is 0 Å². The molecule has 1 aliphatic rings. The molecule has 3 aromatic rings. The third-order valence-corrected chi connectivity index (χ3v) is 5.43. The van der Waals surface area contributed by atoms with Crippen LogP contribution in [0.2, 0.25) is 0 Å². The van der Waals surface area contributed by atoms with Gasteiger partial charge in [-0.1, -0.05) is 12.1 Å². The van der Waals surface area contributed by atoms with Crippen molar-refractivity contribution in [3.8, 4) is 5.75 Å². The summed E-state index contributed by atoms with van der Waals surface area (Å²) in [7, 11) is 0. The molecule has 1 unspecified atom stereocenters. The van der Waals surface area contributed by atoms with Crippen LogP contribution in [0, 0.1) is 0 Å². The molecule has 134 valence electrons. The van der Waals surface area contributed by atoms with Crippen LogP contribution in [0.1, 0.15) is 41.7 Å². The molecule has 3 heterocycles. The van der Waals surface area contributed by atoms with E-state index in [0.717, 1.165) is 24.2 Å². The number of hydrogen-bond acceptors (Lipinski definition) is 5. The van der Waals surface area contributed by atoms with Crippen molar-refractivity contribution < 1.29 is 9.53 Å². The number of carbonyl (C=O) groups excluding carboxylic acids is 1. The number of hydrogen-bond donors (Lipinski definition) is 0. The van der Waals surface area contributed by atoms with Crippen LogP contribution >= 0.6 is 11.3 Å². The van der Waals surface area contributed by atoms with Gasteiger partial charge < -0.3 is 9.64 Å². The number of amides is 1. The summed E-state index contributed by atoms with van der Waals surface area (Å²) in [4.78, 5) is 32.3. The van der Waals surface area contributed by atoms with Gasteiger partial charge in [-0.05, 0) is 37.5 Å². The first kappa shape index (κ1) is 16.8. The van der Waals surface area contributed by atoms with Crippen LogP contribution in [-0.2, 0) is 0 Å². The molecule has 4 rings (SSSR count). The summed E-state index contributed by atoms with van der Waals surface area (Å²) < 4.78 is 6.91. The van der Waals surface area contributed by atoms with Gasteiger partial charge in [-0.15, -0.1) is 11.3 Å². The Hall–Kier alpha value is -2.67. The van der Waals surface area contributed by atoms with Crippen molar-refractivity contribution in [2.75, 3.05) is 13.2 Å². The van der Waals surface area contributed by atoms with Crippen molar-refractivity contribution in [3.63, 3.8) is 0 Å². The third-order valence-electron chi connectivity index (χ3n) is 4.66. The van der Waals surface area contributed by atoms with E-state index in [4.69, 9.17) is 4.74 Å². The molecular weight excluding hydrogens is 350 g/mol. The molecule has 1 atom stereocenters. The number of carbonyl (C=O) groups is 1. The van der Waals surface area contributed by atoms with E-state index in [2.05, 4.69) is 4.98 Å². The van der Waals surface area contributed by atoms with Gasteiger partial charge in [-0.2, -0.15) is 0 Å². The predicted molar refractivity (Wildman–Crippen MR) is 100.0 cm³/mol. The lowest BCUT2D eigenvalue weighted by atomic mass is 10.0. The van der Waals surface area contributed by atoms with Crippen molar-refractivity contribution in [2.24, 2.45) is 0 Å². The van der Waals surface area contributed by atoms with Crippen LogP contribution in [0.15, 0.2) is 46.8 Å². The van der Waals surface area contributed by atoms with Gasteiger partial charge in [0.2, 0.25) is 0 Å². The Labute approximate surface area is 154 Å². The molecule has 1 saturated heterocycles. The SMILES string of the molecule is CCOc1ccc(C2CCCN2C(=O)c2cnc3sccn3c2=O)cc1. The first-order chi connectivity index (χ1) is 12.7. The molecule has 0 bridgehead atoms. The van der Waals surface area contributed by atoms with Crippen LogP contribution in [0.25, 0.3) is 4.96 Å². The van der Waals surface area contributed by atoms with Gasteiger partial charge in [-0.3, -0.25) is 14.0 Å². The highest BCUT2D eigenvalue weighted by Crippen LogP contribution is 2.33. The minimum absolute atomic E-state index is 0.0271. The first-order valence-corrected chi connectivity index (χ1v) is 9.55. The zero-order chi connectivity index (χ0) is 18.1. The Balaban J connectivity index is 1.63. The molecule has 7 heteroatoms. The Morgan fingerprint density at radius 3 is 2.92 bits per heavy atom. The molecule has 26 heavy (non-hydrogen) atoms. The van der Waals surface area contributed by atoms with E-state index in [1.165, 1.54) is 21.9 Å². The first-order valence-electron chi connectivity index (χ1n) is 8.67. The summed E-state index contributed by atoms with van der Waals surface area (Å²) in [5, 5.41) is 1.79. The van der Waals surface area contributed by atoms with E-state index in [-0.39, 0.29) is 23.1 Å². The number of nitrogens with zero attached hydrogens (tertiary/aromatic N) is 3. The predicted octanol–water partition coefficient (Wildman–Crippen LogP) is 3.13. The maximum absolute atomic E-state index is 13.0. The summed E-state index contributed by atoms with van der Waals surface area (Å²) in [5.41, 5.74) is 0.876. The molecular formula is C19H19N3O3S. The largest absolute Gasteiger partial charge is 0.494 e. The topological polar surface area (TPSA) is 63.9 Å². The molecule has 6 nitrogen and oxygen atoms in total. The average Bonchev–Trinajstić information content (AvgIpc) is 3.32. The molecule has 0 N–H and O–H groups in total. The monoisotopic (exact) mass is 369 g/mol. The van der Waals surface area contributed by atoms with Gasteiger partial charge in [0.05, 0.1) is 12.6 Å². The minimum Gasteiger partial charge on any atom is -0.494 e. The van der Waals surface area contributed by atoms with E-state index in [1.807, 2.05) is 31.2 Å². The lowest BCUT2D eigenvalue weighted by Crippen LogP contribution is -2.35. The van der Waals surface area contributed by atoms with Gasteiger partial charge in [0.25, 0.3) is 11.5 Å². The molecule has 0 aliphatic carbocycles. The van der Waals surface area contributed by atoms with Gasteiger partial charge in [0.1, 0.15) is 11.3 Å². The number of benzene rings is 1. The summed E-state index contributed by atoms with van der Waals surface area (Å²) in [6, 6.07) is 7.81. The van der Waals surface area contributed by atoms with Crippen LogP contribution in [0.4, 0.5) is 0 Å². The number of fused-ring (bicyclic) bond motifs is 1. The zero-order valence-corrected chi connectivity index (χ0v) is 15.2. The fraction of sp³-hybridized carbons (Fsp3) is 0.316. The lowest BCUT2D eigenvalue weighted by Gasteiger charge is -2.25. The number of rotatable bonds is 4. The maximum Gasteiger partial charge on any atom is 0.271 e. The number of likely N-dealkylation sites (tertiary alicyclic amines) is 1. The van der Waals surface area contributed by atoms with Crippen molar-refractivity contribution in [3.05, 3.63) is 63.5 Å². The van der Waals surface area contributed by atoms with Crippen LogP contribution in [0.3, 0.4) is 0 Å². The number of thiazole rings is 1. The summed E-state index contributed by atoms with van der Waals surface area (Å²) in [5.74, 6) is 0.567. The van der Waals surface area contributed by atoms with Crippen LogP contribution in [0.5, 0.6) is 5.75 Å². The molecule has 1 fully saturated rings. The molecule has 1 amide bonds. The second-order valence-corrected chi connectivity index (χ2v) is 7.06. The fourth-order valence-corrected chi connectivity index (χ4v) is 4.11. The van der Waals surface area contributed by atoms with Gasteiger partial charge in [-0.25, -0.2) is 4.98 Å². The molecule has 1 aromatic carbocycles. The molecule has 2 aromatic heterocycles. The van der Waals surface area contributed by atoms with Gasteiger partial charge in [0.15, 0.2) is 4.96 Å². The fourth-order valence-electron chi connectivity index (χ4n) is 3.44. The average molecular weight is 369 g/mol. The summed E-state index contributed by atoms with van der Waals surface area (Å²) in [6.45, 7) is 3.21. The maximum atomic E-state index is 13.0. The normalized spacial score (nSPS) is 17.0. The Morgan fingerprint density at radius 2 is 2.15 bits per heavy atom. The van der Waals surface area contributed by atoms with Gasteiger partial charge in [0, 0.05) is 24.3 Å². The highest BCUT2D eigenvalue weighted by molar-refractivity contribution is 7.15. The highest BCUT2D eigenvalue weighted by atomic mass is 32.1. The van der Waals surface area contributed by atoms with Crippen molar-refractivity contribution in [2.45, 2.75) is 25.8 Å². The van der Waals surface area contributed by atoms with Crippen molar-refractivity contribution in [1.29, 1.82) is 0 Å². The Kier molecular flexibility index (Phi) is 4.46. The standard InChI is InChI=1S/C19H19N3O3S/c1-2-25-14-7-5-13(6-8-14)16-4-3-9-21(16)17(23)15-12-20-19-22(18(15)24)10-11-26-19/h5-8,10-12,16H,2-4,9H2,1H3. The molecule has 0 spiro atoms. The summed E-state index contributed by atoms with van der Waals surface area (Å²) >= 11 is 1.37. The molecule has 0 radical (unpaired) electrons. The quantitative estimate of drug-likeness (QED) is 0.709. The van der Waals surface area contributed by atoms with E-state index in [1.54, 1.807) is 16.5 Å². The Bertz CT molecular complexity index is 993. The second kappa shape index (κ2) is 6.92. The Morgan fingerprint density at radius 1 is 1.35 bits per heavy atom. The smallest absolute Gasteiger partial charge is 0.271 e. The van der Waals surface area contributed by atoms with E-state index in [0.29, 0.717) is 18.1 Å². The van der Waals surface area contributed by atoms with Crippen molar-refractivity contribution in [1.82, 2.24) is 14.3 Å². The van der Waals surface area contributed by atoms with Crippen molar-refractivity contribution >= 4 is 22.2 Å². The lowest BCUT2D eigenvalue weighted by molar-refractivity contribution is 0.0733. The number of ether oxygens (including phenoxy) is 1. The summed E-state index contributed by atoms with van der Waals surface area (Å²) in [6.07, 6.45) is 4.86. The number of aromatic nitrogens is 2. The van der Waals surface area contributed by atoms with E-state index in [9.17, 15) is 9.59 Å². The minimum atomic E-state index is -0.307. The zero-order valence-electron chi connectivity index (χ0n) is 14.4. The van der Waals surface area contributed by atoms with Crippen LogP contribution < -0.4 is 10.3 Å². The molecule has 0 saturated carbocycles.